The first-order valence-electron chi connectivity index (χ1n) is 5.50. The Hall–Kier alpha value is -1.49. The molecule has 0 N–H and O–H groups in total. The van der Waals surface area contributed by atoms with Crippen molar-refractivity contribution >= 4 is 5.69 Å². The normalized spacial score (nSPS) is 20.3. The van der Waals surface area contributed by atoms with Gasteiger partial charge in [0.1, 0.15) is 6.07 Å². The fraction of sp³-hybridized carbons (Fsp3) is 0.462. The van der Waals surface area contributed by atoms with Crippen LogP contribution in [0, 0.1) is 18.3 Å². The molecule has 2 rings (SSSR count). The third-order valence-electron chi connectivity index (χ3n) is 3.13. The second-order valence-corrected chi connectivity index (χ2v) is 4.32. The van der Waals surface area contributed by atoms with E-state index in [2.05, 4.69) is 30.0 Å². The second-order valence-electron chi connectivity index (χ2n) is 4.32. The van der Waals surface area contributed by atoms with Crippen LogP contribution >= 0.6 is 0 Å². The molecule has 1 saturated heterocycles. The summed E-state index contributed by atoms with van der Waals surface area (Å²) in [6.45, 7) is 5.34. The van der Waals surface area contributed by atoms with E-state index in [-0.39, 0.29) is 0 Å². The van der Waals surface area contributed by atoms with E-state index in [1.165, 1.54) is 12.8 Å². The predicted molar refractivity (Wildman–Crippen MR) is 61.9 cm³/mol. The van der Waals surface area contributed by atoms with E-state index >= 15 is 0 Å². The van der Waals surface area contributed by atoms with E-state index in [4.69, 9.17) is 5.26 Å². The van der Waals surface area contributed by atoms with Crippen molar-refractivity contribution in [1.82, 2.24) is 0 Å². The van der Waals surface area contributed by atoms with Gasteiger partial charge in [-0.15, -0.1) is 0 Å². The van der Waals surface area contributed by atoms with Crippen molar-refractivity contribution in [3.05, 3.63) is 29.3 Å². The van der Waals surface area contributed by atoms with E-state index < -0.39 is 0 Å². The Morgan fingerprint density at radius 3 is 2.87 bits per heavy atom. The molecule has 0 saturated carbocycles. The Balaban J connectivity index is 2.39. The number of hydrogen-bond acceptors (Lipinski definition) is 2. The molecular weight excluding hydrogens is 184 g/mol. The standard InChI is InChI=1S/C13H16N2/c1-10-5-6-13(12(8-10)9-14)15-7-3-4-11(15)2/h5-6,8,11H,3-4,7H2,1-2H3. The zero-order chi connectivity index (χ0) is 10.8. The van der Waals surface area contributed by atoms with Crippen LogP contribution in [0.2, 0.25) is 0 Å². The molecular formula is C13H16N2. The van der Waals surface area contributed by atoms with Gasteiger partial charge in [-0.05, 0) is 44.4 Å². The molecule has 1 aromatic rings. The molecule has 1 fully saturated rings. The molecule has 0 aromatic heterocycles. The maximum atomic E-state index is 9.11. The molecule has 0 spiro atoms. The number of aryl methyl sites for hydroxylation is 1. The van der Waals surface area contributed by atoms with Crippen LogP contribution < -0.4 is 4.90 Å². The van der Waals surface area contributed by atoms with Crippen molar-refractivity contribution in [1.29, 1.82) is 5.26 Å². The van der Waals surface area contributed by atoms with Crippen LogP contribution in [0.25, 0.3) is 0 Å². The predicted octanol–water partition coefficient (Wildman–Crippen LogP) is 2.86. The van der Waals surface area contributed by atoms with Gasteiger partial charge in [-0.1, -0.05) is 6.07 Å². The molecule has 1 heterocycles. The van der Waals surface area contributed by atoms with Crippen LogP contribution in [0.4, 0.5) is 5.69 Å². The zero-order valence-corrected chi connectivity index (χ0v) is 9.33. The van der Waals surface area contributed by atoms with Crippen LogP contribution in [-0.2, 0) is 0 Å². The smallest absolute Gasteiger partial charge is 0.101 e. The fourth-order valence-electron chi connectivity index (χ4n) is 2.28. The molecule has 0 amide bonds. The van der Waals surface area contributed by atoms with Gasteiger partial charge < -0.3 is 4.90 Å². The third-order valence-corrected chi connectivity index (χ3v) is 3.13. The highest BCUT2D eigenvalue weighted by atomic mass is 15.2. The molecule has 1 aromatic carbocycles. The number of rotatable bonds is 1. The lowest BCUT2D eigenvalue weighted by molar-refractivity contribution is 0.734. The van der Waals surface area contributed by atoms with Gasteiger partial charge in [-0.25, -0.2) is 0 Å². The highest BCUT2D eigenvalue weighted by Gasteiger charge is 2.22. The van der Waals surface area contributed by atoms with Gasteiger partial charge >= 0.3 is 0 Å². The molecule has 1 unspecified atom stereocenters. The average molecular weight is 200 g/mol. The lowest BCUT2D eigenvalue weighted by Crippen LogP contribution is -2.26. The molecule has 1 atom stereocenters. The quantitative estimate of drug-likeness (QED) is 0.697. The Kier molecular flexibility index (Phi) is 2.64. The number of benzene rings is 1. The molecule has 15 heavy (non-hydrogen) atoms. The third kappa shape index (κ3) is 1.83. The fourth-order valence-corrected chi connectivity index (χ4v) is 2.28. The van der Waals surface area contributed by atoms with Crippen LogP contribution in [0.3, 0.4) is 0 Å². The lowest BCUT2D eigenvalue weighted by atomic mass is 10.1. The second kappa shape index (κ2) is 3.94. The Morgan fingerprint density at radius 1 is 1.47 bits per heavy atom. The van der Waals surface area contributed by atoms with E-state index in [1.54, 1.807) is 0 Å². The van der Waals surface area contributed by atoms with Gasteiger partial charge in [0.25, 0.3) is 0 Å². The van der Waals surface area contributed by atoms with Crippen LogP contribution in [0.5, 0.6) is 0 Å². The maximum Gasteiger partial charge on any atom is 0.101 e. The van der Waals surface area contributed by atoms with Crippen molar-refractivity contribution in [3.63, 3.8) is 0 Å². The topological polar surface area (TPSA) is 27.0 Å². The van der Waals surface area contributed by atoms with Crippen LogP contribution in [0.1, 0.15) is 30.9 Å². The first-order valence-corrected chi connectivity index (χ1v) is 5.50. The number of nitrogens with zero attached hydrogens (tertiary/aromatic N) is 2. The molecule has 2 nitrogen and oxygen atoms in total. The number of hydrogen-bond donors (Lipinski definition) is 0. The minimum Gasteiger partial charge on any atom is -0.368 e. The summed E-state index contributed by atoms with van der Waals surface area (Å²) in [5.74, 6) is 0. The monoisotopic (exact) mass is 200 g/mol. The minimum atomic E-state index is 0.569. The van der Waals surface area contributed by atoms with Crippen molar-refractivity contribution in [3.8, 4) is 6.07 Å². The summed E-state index contributed by atoms with van der Waals surface area (Å²) < 4.78 is 0. The lowest BCUT2D eigenvalue weighted by Gasteiger charge is -2.24. The van der Waals surface area contributed by atoms with Gasteiger partial charge in [-0.3, -0.25) is 0 Å². The zero-order valence-electron chi connectivity index (χ0n) is 9.33. The van der Waals surface area contributed by atoms with E-state index in [1.807, 2.05) is 13.0 Å². The number of nitriles is 1. The molecule has 78 valence electrons. The Labute approximate surface area is 91.1 Å². The molecule has 1 aliphatic heterocycles. The summed E-state index contributed by atoms with van der Waals surface area (Å²) in [5, 5.41) is 9.11. The summed E-state index contributed by atoms with van der Waals surface area (Å²) >= 11 is 0. The summed E-state index contributed by atoms with van der Waals surface area (Å²) in [7, 11) is 0. The van der Waals surface area contributed by atoms with Crippen molar-refractivity contribution in [2.24, 2.45) is 0 Å². The van der Waals surface area contributed by atoms with Crippen molar-refractivity contribution in [2.45, 2.75) is 32.7 Å². The van der Waals surface area contributed by atoms with Gasteiger partial charge in [0.2, 0.25) is 0 Å². The number of anilines is 1. The highest BCUT2D eigenvalue weighted by Crippen LogP contribution is 2.28. The molecule has 2 heteroatoms. The summed E-state index contributed by atoms with van der Waals surface area (Å²) in [4.78, 5) is 2.35. The molecule has 0 bridgehead atoms. The van der Waals surface area contributed by atoms with Crippen molar-refractivity contribution < 1.29 is 0 Å². The van der Waals surface area contributed by atoms with Crippen LogP contribution in [-0.4, -0.2) is 12.6 Å². The minimum absolute atomic E-state index is 0.569. The summed E-state index contributed by atoms with van der Waals surface area (Å²) in [6, 6.07) is 9.00. The van der Waals surface area contributed by atoms with Gasteiger partial charge in [0, 0.05) is 12.6 Å². The van der Waals surface area contributed by atoms with Crippen LogP contribution in [0.15, 0.2) is 18.2 Å². The van der Waals surface area contributed by atoms with Gasteiger partial charge in [0.15, 0.2) is 0 Å². The Bertz CT molecular complexity index is 403. The molecule has 1 aliphatic rings. The van der Waals surface area contributed by atoms with Crippen molar-refractivity contribution in [2.75, 3.05) is 11.4 Å². The summed E-state index contributed by atoms with van der Waals surface area (Å²) in [6.07, 6.45) is 2.47. The molecule has 0 aliphatic carbocycles. The summed E-state index contributed by atoms with van der Waals surface area (Å²) in [5.41, 5.74) is 3.07. The highest BCUT2D eigenvalue weighted by molar-refractivity contribution is 5.61. The largest absolute Gasteiger partial charge is 0.368 e. The van der Waals surface area contributed by atoms with E-state index in [0.717, 1.165) is 23.4 Å². The average Bonchev–Trinajstić information content (AvgIpc) is 2.64. The van der Waals surface area contributed by atoms with E-state index in [0.29, 0.717) is 6.04 Å². The first kappa shape index (κ1) is 10.0. The van der Waals surface area contributed by atoms with E-state index in [9.17, 15) is 0 Å². The SMILES string of the molecule is Cc1ccc(N2CCCC2C)c(C#N)c1. The van der Waals surface area contributed by atoms with Gasteiger partial charge in [0.05, 0.1) is 11.3 Å². The first-order chi connectivity index (χ1) is 7.22. The Morgan fingerprint density at radius 2 is 2.27 bits per heavy atom. The van der Waals surface area contributed by atoms with Gasteiger partial charge in [-0.2, -0.15) is 5.26 Å². The maximum absolute atomic E-state index is 9.11. The molecule has 0 radical (unpaired) electrons.